The summed E-state index contributed by atoms with van der Waals surface area (Å²) in [7, 11) is -0.555. The van der Waals surface area contributed by atoms with Crippen LogP contribution in [-0.2, 0) is 10.0 Å². The summed E-state index contributed by atoms with van der Waals surface area (Å²) in [4.78, 5) is 3.75. The van der Waals surface area contributed by atoms with E-state index in [0.29, 0.717) is 12.6 Å². The van der Waals surface area contributed by atoms with Crippen molar-refractivity contribution in [2.75, 3.05) is 43.6 Å². The Kier molecular flexibility index (Phi) is 5.63. The van der Waals surface area contributed by atoms with E-state index in [1.807, 2.05) is 0 Å². The fourth-order valence-electron chi connectivity index (χ4n) is 1.36. The first-order valence-electron chi connectivity index (χ1n) is 6.02. The van der Waals surface area contributed by atoms with Crippen molar-refractivity contribution in [3.8, 4) is 0 Å². The number of pyridine rings is 1. The largest absolute Gasteiger partial charge is 0.368 e. The molecule has 0 aliphatic carbocycles. The molecule has 114 valence electrons. The molecule has 2 N–H and O–H groups in total. The Morgan fingerprint density at radius 1 is 1.20 bits per heavy atom. The Morgan fingerprint density at radius 2 is 1.75 bits per heavy atom. The van der Waals surface area contributed by atoms with E-state index in [1.165, 1.54) is 14.1 Å². The van der Waals surface area contributed by atoms with Crippen molar-refractivity contribution >= 4 is 21.7 Å². The molecular formula is C11H18F2N4O2S. The number of halogens is 2. The second-order valence-electron chi connectivity index (χ2n) is 4.20. The van der Waals surface area contributed by atoms with Gasteiger partial charge in [0.05, 0.1) is 5.75 Å². The number of nitrogens with one attached hydrogen (secondary N) is 2. The summed E-state index contributed by atoms with van der Waals surface area (Å²) in [5.41, 5.74) is 0. The van der Waals surface area contributed by atoms with E-state index in [1.54, 1.807) is 6.92 Å². The second kappa shape index (κ2) is 6.80. The quantitative estimate of drug-likeness (QED) is 0.789. The Bertz CT molecular complexity index is 564. The van der Waals surface area contributed by atoms with E-state index < -0.39 is 21.7 Å². The summed E-state index contributed by atoms with van der Waals surface area (Å²) in [5.74, 6) is -2.14. The molecule has 1 heterocycles. The zero-order valence-electron chi connectivity index (χ0n) is 11.6. The van der Waals surface area contributed by atoms with Gasteiger partial charge in [0.25, 0.3) is 0 Å². The third-order valence-electron chi connectivity index (χ3n) is 2.48. The molecular weight excluding hydrogens is 290 g/mol. The SMILES string of the molecule is CCNc1nc(NCCS(=O)(=O)N(C)C)c(F)cc1F. The third-order valence-corrected chi connectivity index (χ3v) is 4.32. The predicted octanol–water partition coefficient (Wildman–Crippen LogP) is 1.09. The van der Waals surface area contributed by atoms with Crippen LogP contribution < -0.4 is 10.6 Å². The first-order chi connectivity index (χ1) is 9.27. The monoisotopic (exact) mass is 308 g/mol. The van der Waals surface area contributed by atoms with Gasteiger partial charge in [-0.05, 0) is 6.92 Å². The molecule has 1 aromatic rings. The minimum atomic E-state index is -3.38. The zero-order valence-corrected chi connectivity index (χ0v) is 12.4. The molecule has 0 aliphatic heterocycles. The topological polar surface area (TPSA) is 74.3 Å². The van der Waals surface area contributed by atoms with Crippen LogP contribution in [0.15, 0.2) is 6.07 Å². The Balaban J connectivity index is 2.76. The molecule has 0 atom stereocenters. The van der Waals surface area contributed by atoms with Crippen LogP contribution in [0, 0.1) is 11.6 Å². The van der Waals surface area contributed by atoms with Crippen LogP contribution in [0.3, 0.4) is 0 Å². The summed E-state index contributed by atoms with van der Waals surface area (Å²) < 4.78 is 51.0. The summed E-state index contributed by atoms with van der Waals surface area (Å²) >= 11 is 0. The molecule has 9 heteroatoms. The van der Waals surface area contributed by atoms with Gasteiger partial charge in [0.15, 0.2) is 23.3 Å². The average molecular weight is 308 g/mol. The van der Waals surface area contributed by atoms with Crippen molar-refractivity contribution in [3.63, 3.8) is 0 Å². The van der Waals surface area contributed by atoms with Crippen LogP contribution in [0.5, 0.6) is 0 Å². The Morgan fingerprint density at radius 3 is 2.25 bits per heavy atom. The maximum atomic E-state index is 13.5. The molecule has 0 saturated carbocycles. The van der Waals surface area contributed by atoms with Gasteiger partial charge in [-0.25, -0.2) is 26.5 Å². The molecule has 1 rings (SSSR count). The second-order valence-corrected chi connectivity index (χ2v) is 6.51. The number of rotatable bonds is 7. The van der Waals surface area contributed by atoms with Crippen molar-refractivity contribution in [3.05, 3.63) is 17.7 Å². The molecule has 0 bridgehead atoms. The van der Waals surface area contributed by atoms with Gasteiger partial charge in [0, 0.05) is 33.3 Å². The highest BCUT2D eigenvalue weighted by Gasteiger charge is 2.15. The molecule has 1 aromatic heterocycles. The number of hydrogen-bond donors (Lipinski definition) is 2. The molecule has 0 radical (unpaired) electrons. The van der Waals surface area contributed by atoms with Crippen LogP contribution in [-0.4, -0.2) is 50.6 Å². The summed E-state index contributed by atoms with van der Waals surface area (Å²) in [6.07, 6.45) is 0. The average Bonchev–Trinajstić information content (AvgIpc) is 2.34. The number of nitrogens with zero attached hydrogens (tertiary/aromatic N) is 2. The van der Waals surface area contributed by atoms with Crippen molar-refractivity contribution in [2.24, 2.45) is 0 Å². The Labute approximate surface area is 117 Å². The van der Waals surface area contributed by atoms with Crippen molar-refractivity contribution in [1.29, 1.82) is 0 Å². The minimum Gasteiger partial charge on any atom is -0.368 e. The summed E-state index contributed by atoms with van der Waals surface area (Å²) in [5, 5.41) is 5.20. The van der Waals surface area contributed by atoms with E-state index in [4.69, 9.17) is 0 Å². The number of sulfonamides is 1. The predicted molar refractivity (Wildman–Crippen MR) is 74.3 cm³/mol. The lowest BCUT2D eigenvalue weighted by atomic mass is 10.4. The zero-order chi connectivity index (χ0) is 15.3. The highest BCUT2D eigenvalue weighted by molar-refractivity contribution is 7.89. The maximum absolute atomic E-state index is 13.5. The van der Waals surface area contributed by atoms with Crippen molar-refractivity contribution < 1.29 is 17.2 Å². The smallest absolute Gasteiger partial charge is 0.215 e. The van der Waals surface area contributed by atoms with E-state index in [0.717, 1.165) is 4.31 Å². The van der Waals surface area contributed by atoms with Crippen molar-refractivity contribution in [2.45, 2.75) is 6.92 Å². The minimum absolute atomic E-state index is 0.0262. The van der Waals surface area contributed by atoms with Gasteiger partial charge in [-0.3, -0.25) is 0 Å². The molecule has 6 nitrogen and oxygen atoms in total. The highest BCUT2D eigenvalue weighted by atomic mass is 32.2. The van der Waals surface area contributed by atoms with Crippen LogP contribution >= 0.6 is 0 Å². The van der Waals surface area contributed by atoms with Gasteiger partial charge in [-0.15, -0.1) is 0 Å². The van der Waals surface area contributed by atoms with Gasteiger partial charge in [0.1, 0.15) is 0 Å². The van der Waals surface area contributed by atoms with Gasteiger partial charge >= 0.3 is 0 Å². The van der Waals surface area contributed by atoms with E-state index >= 15 is 0 Å². The normalized spacial score (nSPS) is 11.7. The van der Waals surface area contributed by atoms with Crippen LogP contribution in [0.1, 0.15) is 6.92 Å². The van der Waals surface area contributed by atoms with Crippen LogP contribution in [0.2, 0.25) is 0 Å². The fourth-order valence-corrected chi connectivity index (χ4v) is 2.09. The lowest BCUT2D eigenvalue weighted by molar-refractivity contribution is 0.521. The molecule has 0 spiro atoms. The molecule has 0 aromatic carbocycles. The molecule has 20 heavy (non-hydrogen) atoms. The van der Waals surface area contributed by atoms with Gasteiger partial charge in [-0.2, -0.15) is 0 Å². The van der Waals surface area contributed by atoms with Gasteiger partial charge in [-0.1, -0.05) is 0 Å². The number of hydrogen-bond acceptors (Lipinski definition) is 5. The maximum Gasteiger partial charge on any atom is 0.215 e. The summed E-state index contributed by atoms with van der Waals surface area (Å²) in [6, 6.07) is 0.702. The molecule has 0 unspecified atom stereocenters. The lowest BCUT2D eigenvalue weighted by Gasteiger charge is -2.13. The fraction of sp³-hybridized carbons (Fsp3) is 0.545. The lowest BCUT2D eigenvalue weighted by Crippen LogP contribution is -2.28. The van der Waals surface area contributed by atoms with Gasteiger partial charge in [0.2, 0.25) is 10.0 Å². The molecule has 0 aliphatic rings. The van der Waals surface area contributed by atoms with E-state index in [9.17, 15) is 17.2 Å². The number of anilines is 2. The first-order valence-corrected chi connectivity index (χ1v) is 7.62. The third kappa shape index (κ3) is 4.27. The highest BCUT2D eigenvalue weighted by Crippen LogP contribution is 2.18. The van der Waals surface area contributed by atoms with Crippen LogP contribution in [0.4, 0.5) is 20.4 Å². The first kappa shape index (κ1) is 16.6. The van der Waals surface area contributed by atoms with Gasteiger partial charge < -0.3 is 10.6 Å². The van der Waals surface area contributed by atoms with E-state index in [-0.39, 0.29) is 23.9 Å². The summed E-state index contributed by atoms with van der Waals surface area (Å²) in [6.45, 7) is 2.16. The van der Waals surface area contributed by atoms with Crippen LogP contribution in [0.25, 0.3) is 0 Å². The van der Waals surface area contributed by atoms with E-state index in [2.05, 4.69) is 15.6 Å². The molecule has 0 saturated heterocycles. The molecule has 0 fully saturated rings. The van der Waals surface area contributed by atoms with Crippen molar-refractivity contribution in [1.82, 2.24) is 9.29 Å². The Hall–Kier alpha value is -1.48. The number of aromatic nitrogens is 1. The standard InChI is InChI=1S/C11H18F2N4O2S/c1-4-14-10-8(12)7-9(13)11(16-10)15-5-6-20(18,19)17(2)3/h7H,4-6H2,1-3H3,(H2,14,15,16). The molecule has 0 amide bonds.